The van der Waals surface area contributed by atoms with Crippen molar-refractivity contribution in [3.05, 3.63) is 82.9 Å². The molecule has 37 heavy (non-hydrogen) atoms. The summed E-state index contributed by atoms with van der Waals surface area (Å²) < 4.78 is 41.9. The van der Waals surface area contributed by atoms with E-state index in [-0.39, 0.29) is 41.7 Å². The van der Waals surface area contributed by atoms with Crippen LogP contribution in [0.25, 0.3) is 0 Å². The SMILES string of the molecule is C[C@]1(C(=O)N[C@@H]2C[C@H](c3ccc(C(=O)O)cc3)Nc3ccccc32)COc2cc3c(cc21)OC(F)(F)O3. The second kappa shape index (κ2) is 8.09. The second-order valence-corrected chi connectivity index (χ2v) is 9.56. The molecular formula is C27H22F2N2O6. The number of hydrogen-bond donors (Lipinski definition) is 3. The summed E-state index contributed by atoms with van der Waals surface area (Å²) in [4.78, 5) is 24.9. The molecule has 10 heteroatoms. The van der Waals surface area contributed by atoms with E-state index in [1.807, 2.05) is 24.3 Å². The van der Waals surface area contributed by atoms with Crippen LogP contribution in [0.2, 0.25) is 0 Å². The molecule has 0 aliphatic carbocycles. The molecule has 0 unspecified atom stereocenters. The molecule has 0 saturated heterocycles. The number of carbonyl (C=O) groups is 2. The minimum absolute atomic E-state index is 0.0279. The first kappa shape index (κ1) is 23.1. The van der Waals surface area contributed by atoms with Gasteiger partial charge in [0.25, 0.3) is 0 Å². The maximum Gasteiger partial charge on any atom is 0.586 e. The van der Waals surface area contributed by atoms with Crippen LogP contribution in [-0.4, -0.2) is 29.9 Å². The zero-order valence-corrected chi connectivity index (χ0v) is 19.6. The van der Waals surface area contributed by atoms with Gasteiger partial charge in [-0.1, -0.05) is 30.3 Å². The first-order valence-corrected chi connectivity index (χ1v) is 11.7. The van der Waals surface area contributed by atoms with E-state index in [1.165, 1.54) is 12.1 Å². The molecule has 1 amide bonds. The predicted octanol–water partition coefficient (Wildman–Crippen LogP) is 4.77. The number of ether oxygens (including phenoxy) is 3. The van der Waals surface area contributed by atoms with Crippen LogP contribution in [0.15, 0.2) is 60.7 Å². The molecule has 3 aromatic rings. The Labute approximate surface area is 210 Å². The number of para-hydroxylation sites is 1. The highest BCUT2D eigenvalue weighted by Crippen LogP contribution is 2.50. The molecule has 3 aliphatic rings. The number of benzene rings is 3. The molecule has 0 aromatic heterocycles. The Kier molecular flexibility index (Phi) is 5.05. The molecule has 8 nitrogen and oxygen atoms in total. The number of halogens is 2. The number of nitrogens with one attached hydrogen (secondary N) is 2. The number of rotatable bonds is 4. The Morgan fingerprint density at radius 1 is 1.03 bits per heavy atom. The number of fused-ring (bicyclic) bond motifs is 3. The lowest BCUT2D eigenvalue weighted by Crippen LogP contribution is -2.46. The van der Waals surface area contributed by atoms with Crippen molar-refractivity contribution < 1.29 is 37.7 Å². The zero-order valence-electron chi connectivity index (χ0n) is 19.6. The third-order valence-electron chi connectivity index (χ3n) is 7.12. The molecular weight excluding hydrogens is 486 g/mol. The standard InChI is InChI=1S/C27H22F2N2O6/c1-26(13-35-21-12-23-22(10-17(21)26)36-27(28,29)37-23)25(34)31-20-11-19(30-18-5-3-2-4-16(18)20)14-6-8-15(9-7-14)24(32)33/h2-10,12,19-20,30H,11,13H2,1H3,(H,31,34)(H,32,33)/t19-,20-,26+/m1/s1. The number of anilines is 1. The van der Waals surface area contributed by atoms with Crippen molar-refractivity contribution in [1.29, 1.82) is 0 Å². The van der Waals surface area contributed by atoms with Crippen LogP contribution in [0.3, 0.4) is 0 Å². The highest BCUT2D eigenvalue weighted by molar-refractivity contribution is 5.91. The van der Waals surface area contributed by atoms with Crippen molar-refractivity contribution in [2.24, 2.45) is 0 Å². The number of amides is 1. The maximum atomic E-state index is 13.7. The zero-order chi connectivity index (χ0) is 25.9. The quantitative estimate of drug-likeness (QED) is 0.466. The first-order valence-electron chi connectivity index (χ1n) is 11.7. The fourth-order valence-corrected chi connectivity index (χ4v) is 5.09. The molecule has 0 spiro atoms. The summed E-state index contributed by atoms with van der Waals surface area (Å²) >= 11 is 0. The molecule has 0 radical (unpaired) electrons. The highest BCUT2D eigenvalue weighted by Gasteiger charge is 2.49. The Morgan fingerprint density at radius 2 is 1.73 bits per heavy atom. The lowest BCUT2D eigenvalue weighted by molar-refractivity contribution is -0.286. The van der Waals surface area contributed by atoms with E-state index in [0.717, 1.165) is 16.8 Å². The van der Waals surface area contributed by atoms with Gasteiger partial charge >= 0.3 is 12.3 Å². The van der Waals surface area contributed by atoms with Crippen LogP contribution in [0.1, 0.15) is 52.5 Å². The van der Waals surface area contributed by atoms with Crippen molar-refractivity contribution in [3.63, 3.8) is 0 Å². The number of carbonyl (C=O) groups excluding carboxylic acids is 1. The number of hydrogen-bond acceptors (Lipinski definition) is 6. The van der Waals surface area contributed by atoms with Gasteiger partial charge in [0.05, 0.1) is 17.6 Å². The fourth-order valence-electron chi connectivity index (χ4n) is 5.09. The molecule has 3 aromatic carbocycles. The summed E-state index contributed by atoms with van der Waals surface area (Å²) in [6.07, 6.45) is -3.26. The van der Waals surface area contributed by atoms with Crippen LogP contribution in [0.4, 0.5) is 14.5 Å². The summed E-state index contributed by atoms with van der Waals surface area (Å²) in [5.41, 5.74) is 2.12. The van der Waals surface area contributed by atoms with Crippen molar-refractivity contribution in [2.75, 3.05) is 11.9 Å². The van der Waals surface area contributed by atoms with Crippen molar-refractivity contribution in [3.8, 4) is 17.2 Å². The normalized spacial score (nSPS) is 24.3. The van der Waals surface area contributed by atoms with E-state index in [9.17, 15) is 23.5 Å². The van der Waals surface area contributed by atoms with Gasteiger partial charge in [-0.25, -0.2) is 4.79 Å². The minimum atomic E-state index is -3.77. The van der Waals surface area contributed by atoms with Gasteiger partial charge in [0, 0.05) is 17.3 Å². The first-order chi connectivity index (χ1) is 17.6. The highest BCUT2D eigenvalue weighted by atomic mass is 19.3. The van der Waals surface area contributed by atoms with Crippen LogP contribution in [-0.2, 0) is 10.2 Å². The number of alkyl halides is 2. The maximum absolute atomic E-state index is 13.7. The number of aromatic carboxylic acids is 1. The van der Waals surface area contributed by atoms with Crippen LogP contribution in [0, 0.1) is 0 Å². The van der Waals surface area contributed by atoms with Gasteiger partial charge in [0.1, 0.15) is 17.8 Å². The van der Waals surface area contributed by atoms with Crippen molar-refractivity contribution in [2.45, 2.75) is 37.1 Å². The van der Waals surface area contributed by atoms with E-state index >= 15 is 0 Å². The summed E-state index contributed by atoms with van der Waals surface area (Å²) in [6, 6.07) is 16.4. The van der Waals surface area contributed by atoms with E-state index in [2.05, 4.69) is 20.1 Å². The molecule has 3 aliphatic heterocycles. The average molecular weight is 508 g/mol. The molecule has 6 rings (SSSR count). The van der Waals surface area contributed by atoms with Gasteiger partial charge in [-0.05, 0) is 48.7 Å². The molecule has 3 N–H and O–H groups in total. The Hall–Kier alpha value is -4.34. The van der Waals surface area contributed by atoms with E-state index in [4.69, 9.17) is 4.74 Å². The van der Waals surface area contributed by atoms with Gasteiger partial charge in [-0.15, -0.1) is 8.78 Å². The molecule has 0 saturated carbocycles. The summed E-state index contributed by atoms with van der Waals surface area (Å²) in [5.74, 6) is -1.32. The van der Waals surface area contributed by atoms with E-state index < -0.39 is 17.7 Å². The topological polar surface area (TPSA) is 106 Å². The van der Waals surface area contributed by atoms with E-state index in [1.54, 1.807) is 31.2 Å². The monoisotopic (exact) mass is 508 g/mol. The van der Waals surface area contributed by atoms with Gasteiger partial charge in [-0.2, -0.15) is 0 Å². The Bertz CT molecular complexity index is 1430. The molecule has 3 heterocycles. The van der Waals surface area contributed by atoms with E-state index in [0.29, 0.717) is 17.7 Å². The fraction of sp³-hybridized carbons (Fsp3) is 0.259. The number of carboxylic acid groups (broad SMARTS) is 1. The molecule has 3 atom stereocenters. The van der Waals surface area contributed by atoms with Gasteiger partial charge < -0.3 is 30.0 Å². The Morgan fingerprint density at radius 3 is 2.46 bits per heavy atom. The third-order valence-corrected chi connectivity index (χ3v) is 7.12. The predicted molar refractivity (Wildman–Crippen MR) is 127 cm³/mol. The smallest absolute Gasteiger partial charge is 0.492 e. The summed E-state index contributed by atoms with van der Waals surface area (Å²) in [7, 11) is 0. The molecule has 0 bridgehead atoms. The summed E-state index contributed by atoms with van der Waals surface area (Å²) in [5, 5.41) is 15.8. The Balaban J connectivity index is 1.28. The van der Waals surface area contributed by atoms with Crippen LogP contribution in [0.5, 0.6) is 17.2 Å². The van der Waals surface area contributed by atoms with Crippen LogP contribution < -0.4 is 24.8 Å². The average Bonchev–Trinajstić information content (AvgIpc) is 3.37. The molecule has 0 fully saturated rings. The summed E-state index contributed by atoms with van der Waals surface area (Å²) in [6.45, 7) is 1.73. The largest absolute Gasteiger partial charge is 0.586 e. The van der Waals surface area contributed by atoms with Gasteiger partial charge in [0.15, 0.2) is 11.5 Å². The van der Waals surface area contributed by atoms with Gasteiger partial charge in [-0.3, -0.25) is 4.79 Å². The van der Waals surface area contributed by atoms with Gasteiger partial charge in [0.2, 0.25) is 5.91 Å². The van der Waals surface area contributed by atoms with Crippen molar-refractivity contribution >= 4 is 17.6 Å². The lowest BCUT2D eigenvalue weighted by atomic mass is 9.82. The lowest BCUT2D eigenvalue weighted by Gasteiger charge is -2.35. The van der Waals surface area contributed by atoms with Crippen molar-refractivity contribution in [1.82, 2.24) is 5.32 Å². The molecule has 190 valence electrons. The number of carboxylic acids is 1. The van der Waals surface area contributed by atoms with Crippen LogP contribution >= 0.6 is 0 Å². The minimum Gasteiger partial charge on any atom is -0.492 e. The third kappa shape index (κ3) is 3.89. The second-order valence-electron chi connectivity index (χ2n) is 9.56.